The number of rotatable bonds is 5. The Kier molecular flexibility index (Phi) is 6.14. The summed E-state index contributed by atoms with van der Waals surface area (Å²) in [5.74, 6) is 0.939. The van der Waals surface area contributed by atoms with Gasteiger partial charge in [0.1, 0.15) is 11.9 Å². The van der Waals surface area contributed by atoms with E-state index in [9.17, 15) is 13.5 Å². The zero-order valence-electron chi connectivity index (χ0n) is 19.4. The van der Waals surface area contributed by atoms with Gasteiger partial charge in [-0.25, -0.2) is 8.42 Å². The molecule has 0 amide bonds. The molecule has 1 N–H and O–H groups in total. The van der Waals surface area contributed by atoms with Crippen LogP contribution in [0, 0.1) is 19.8 Å². The minimum atomic E-state index is -3.79. The first-order chi connectivity index (χ1) is 15.8. The van der Waals surface area contributed by atoms with Gasteiger partial charge in [0, 0.05) is 37.2 Å². The second-order valence-corrected chi connectivity index (χ2v) is 11.5. The fourth-order valence-corrected chi connectivity index (χ4v) is 7.11. The van der Waals surface area contributed by atoms with Crippen molar-refractivity contribution in [2.24, 2.45) is 5.92 Å². The normalized spacial score (nSPS) is 24.0. The van der Waals surface area contributed by atoms with Crippen LogP contribution in [-0.2, 0) is 14.8 Å². The summed E-state index contributed by atoms with van der Waals surface area (Å²) in [4.78, 5) is 0.209. The lowest BCUT2D eigenvalue weighted by Crippen LogP contribution is -2.44. The molecule has 2 aliphatic heterocycles. The van der Waals surface area contributed by atoms with Crippen molar-refractivity contribution in [2.75, 3.05) is 17.5 Å². The van der Waals surface area contributed by atoms with Crippen LogP contribution in [0.3, 0.4) is 0 Å². The second kappa shape index (κ2) is 8.93. The van der Waals surface area contributed by atoms with Crippen molar-refractivity contribution in [1.82, 2.24) is 0 Å². The average Bonchev–Trinajstić information content (AvgIpc) is 2.77. The summed E-state index contributed by atoms with van der Waals surface area (Å²) < 4.78 is 41.1. The number of sulfonamides is 1. The predicted octanol–water partition coefficient (Wildman–Crippen LogP) is 4.66. The standard InChI is InChI=1S/C26H33NO5S/c1-17-6-8-23(18(2)14-17)27(20-4-3-5-20)33(29,30)21-7-9-25-22(15-21)24(28)16-26(32-25)19-10-12-31-13-11-19/h6-9,14-15,19-20,24,26,28H,3-5,10-13,16H2,1-2H3. The largest absolute Gasteiger partial charge is 0.490 e. The van der Waals surface area contributed by atoms with Crippen molar-refractivity contribution >= 4 is 15.7 Å². The van der Waals surface area contributed by atoms with Crippen LogP contribution in [0.5, 0.6) is 5.75 Å². The molecule has 2 fully saturated rings. The van der Waals surface area contributed by atoms with Crippen molar-refractivity contribution in [2.45, 2.75) is 75.5 Å². The van der Waals surface area contributed by atoms with E-state index >= 15 is 0 Å². The first kappa shape index (κ1) is 22.7. The van der Waals surface area contributed by atoms with Crippen molar-refractivity contribution in [3.05, 3.63) is 53.1 Å². The Morgan fingerprint density at radius 1 is 1.00 bits per heavy atom. The minimum absolute atomic E-state index is 0.0356. The van der Waals surface area contributed by atoms with Crippen LogP contribution in [0.4, 0.5) is 5.69 Å². The molecule has 1 saturated heterocycles. The number of aliphatic hydroxyl groups excluding tert-OH is 1. The van der Waals surface area contributed by atoms with Crippen LogP contribution in [0.2, 0.25) is 0 Å². The van der Waals surface area contributed by atoms with Gasteiger partial charge in [-0.1, -0.05) is 17.7 Å². The summed E-state index contributed by atoms with van der Waals surface area (Å²) >= 11 is 0. The Morgan fingerprint density at radius 2 is 1.76 bits per heavy atom. The van der Waals surface area contributed by atoms with E-state index in [-0.39, 0.29) is 17.0 Å². The van der Waals surface area contributed by atoms with Crippen molar-refractivity contribution in [1.29, 1.82) is 0 Å². The second-order valence-electron chi connectivity index (χ2n) is 9.73. The molecule has 2 heterocycles. The lowest BCUT2D eigenvalue weighted by atomic mass is 9.87. The molecule has 0 spiro atoms. The molecule has 3 aliphatic rings. The molecule has 33 heavy (non-hydrogen) atoms. The predicted molar refractivity (Wildman–Crippen MR) is 127 cm³/mol. The highest BCUT2D eigenvalue weighted by molar-refractivity contribution is 7.92. The summed E-state index contributed by atoms with van der Waals surface area (Å²) in [6.07, 6.45) is 4.26. The van der Waals surface area contributed by atoms with Gasteiger partial charge >= 0.3 is 0 Å². The van der Waals surface area contributed by atoms with Gasteiger partial charge < -0.3 is 14.6 Å². The molecule has 0 aromatic heterocycles. The number of benzene rings is 2. The first-order valence-electron chi connectivity index (χ1n) is 12.0. The maximum Gasteiger partial charge on any atom is 0.264 e. The molecule has 2 atom stereocenters. The zero-order chi connectivity index (χ0) is 23.2. The lowest BCUT2D eigenvalue weighted by Gasteiger charge is -2.39. The average molecular weight is 472 g/mol. The van der Waals surface area contributed by atoms with Crippen LogP contribution in [0.15, 0.2) is 41.3 Å². The molecule has 7 heteroatoms. The topological polar surface area (TPSA) is 76.1 Å². The Morgan fingerprint density at radius 3 is 2.42 bits per heavy atom. The maximum atomic E-state index is 13.9. The van der Waals surface area contributed by atoms with Crippen molar-refractivity contribution in [3.63, 3.8) is 0 Å². The fraction of sp³-hybridized carbons (Fsp3) is 0.538. The van der Waals surface area contributed by atoms with Gasteiger partial charge in [0.15, 0.2) is 0 Å². The van der Waals surface area contributed by atoms with Gasteiger partial charge in [-0.15, -0.1) is 0 Å². The van der Waals surface area contributed by atoms with E-state index < -0.39 is 16.1 Å². The molecule has 2 unspecified atom stereocenters. The summed E-state index contributed by atoms with van der Waals surface area (Å²) in [6.45, 7) is 5.42. The molecule has 2 aromatic carbocycles. The fourth-order valence-electron chi connectivity index (χ4n) is 5.30. The van der Waals surface area contributed by atoms with Gasteiger partial charge in [-0.05, 0) is 75.8 Å². The molecule has 2 aromatic rings. The van der Waals surface area contributed by atoms with Crippen molar-refractivity contribution < 1.29 is 23.0 Å². The highest BCUT2D eigenvalue weighted by Gasteiger charge is 2.38. The number of anilines is 1. The molecule has 178 valence electrons. The third-order valence-corrected chi connectivity index (χ3v) is 9.28. The highest BCUT2D eigenvalue weighted by Crippen LogP contribution is 2.42. The van der Waals surface area contributed by atoms with Crippen LogP contribution in [0.1, 0.15) is 61.3 Å². The number of hydrogen-bond acceptors (Lipinski definition) is 5. The first-order valence-corrected chi connectivity index (χ1v) is 13.5. The maximum absolute atomic E-state index is 13.9. The highest BCUT2D eigenvalue weighted by atomic mass is 32.2. The van der Waals surface area contributed by atoms with E-state index in [1.165, 1.54) is 0 Å². The minimum Gasteiger partial charge on any atom is -0.490 e. The van der Waals surface area contributed by atoms with Gasteiger partial charge in [-0.3, -0.25) is 4.31 Å². The summed E-state index contributed by atoms with van der Waals surface area (Å²) in [6, 6.07) is 10.8. The Balaban J connectivity index is 1.47. The van der Waals surface area contributed by atoms with E-state index in [0.29, 0.717) is 23.7 Å². The Bertz CT molecular complexity index is 1120. The number of aliphatic hydroxyl groups is 1. The summed E-state index contributed by atoms with van der Waals surface area (Å²) in [5.41, 5.74) is 3.36. The molecule has 1 saturated carbocycles. The third kappa shape index (κ3) is 4.27. The van der Waals surface area contributed by atoms with Gasteiger partial charge in [0.2, 0.25) is 0 Å². The molecule has 0 bridgehead atoms. The molecular formula is C26H33NO5S. The van der Waals surface area contributed by atoms with E-state index in [1.807, 2.05) is 32.0 Å². The van der Waals surface area contributed by atoms with Gasteiger partial charge in [0.05, 0.1) is 16.7 Å². The van der Waals surface area contributed by atoms with E-state index in [1.54, 1.807) is 22.5 Å². The third-order valence-electron chi connectivity index (χ3n) is 7.42. The van der Waals surface area contributed by atoms with E-state index in [2.05, 4.69) is 0 Å². The molecule has 5 rings (SSSR count). The summed E-state index contributed by atoms with van der Waals surface area (Å²) in [7, 11) is -3.79. The molecule has 0 radical (unpaired) electrons. The Labute approximate surface area is 196 Å². The van der Waals surface area contributed by atoms with Crippen molar-refractivity contribution in [3.8, 4) is 5.75 Å². The van der Waals surface area contributed by atoms with Gasteiger partial charge in [-0.2, -0.15) is 0 Å². The smallest absolute Gasteiger partial charge is 0.264 e. The number of nitrogens with zero attached hydrogens (tertiary/aromatic N) is 1. The number of hydrogen-bond donors (Lipinski definition) is 1. The monoisotopic (exact) mass is 471 g/mol. The zero-order valence-corrected chi connectivity index (χ0v) is 20.2. The molecule has 6 nitrogen and oxygen atoms in total. The molecule has 1 aliphatic carbocycles. The lowest BCUT2D eigenvalue weighted by molar-refractivity contribution is -0.0151. The number of aryl methyl sites for hydroxylation is 2. The number of fused-ring (bicyclic) bond motifs is 1. The quantitative estimate of drug-likeness (QED) is 0.686. The van der Waals surface area contributed by atoms with Crippen LogP contribution in [0.25, 0.3) is 0 Å². The SMILES string of the molecule is Cc1ccc(N(C2CCC2)S(=O)(=O)c2ccc3c(c2)C(O)CC(C2CCOCC2)O3)c(C)c1. The van der Waals surface area contributed by atoms with Crippen LogP contribution < -0.4 is 9.04 Å². The molecular weight excluding hydrogens is 438 g/mol. The van der Waals surface area contributed by atoms with Crippen LogP contribution in [-0.4, -0.2) is 38.9 Å². The van der Waals surface area contributed by atoms with E-state index in [4.69, 9.17) is 9.47 Å². The Hall–Kier alpha value is -2.09. The van der Waals surface area contributed by atoms with Gasteiger partial charge in [0.25, 0.3) is 10.0 Å². The van der Waals surface area contributed by atoms with Crippen LogP contribution >= 0.6 is 0 Å². The van der Waals surface area contributed by atoms with E-state index in [0.717, 1.165) is 62.1 Å². The number of ether oxygens (including phenoxy) is 2. The summed E-state index contributed by atoms with van der Waals surface area (Å²) in [5, 5.41) is 10.9.